The molecule has 26 heavy (non-hydrogen) atoms. The molecule has 2 aromatic carbocycles. The van der Waals surface area contributed by atoms with Gasteiger partial charge in [-0.2, -0.15) is 0 Å². The second-order valence-electron chi connectivity index (χ2n) is 6.87. The molecule has 2 heterocycles. The minimum Gasteiger partial charge on any atom is -0.369 e. The third-order valence-corrected chi connectivity index (χ3v) is 5.09. The van der Waals surface area contributed by atoms with Crippen LogP contribution in [0.5, 0.6) is 0 Å². The number of halogens is 1. The lowest BCUT2D eigenvalue weighted by atomic mass is 10.0. The van der Waals surface area contributed by atoms with Gasteiger partial charge in [0.1, 0.15) is 11.7 Å². The van der Waals surface area contributed by atoms with Gasteiger partial charge in [-0.05, 0) is 36.6 Å². The van der Waals surface area contributed by atoms with Gasteiger partial charge in [-0.3, -0.25) is 9.79 Å². The highest BCUT2D eigenvalue weighted by atomic mass is 19.1. The summed E-state index contributed by atoms with van der Waals surface area (Å²) >= 11 is 0. The van der Waals surface area contributed by atoms with Crippen LogP contribution in [0, 0.1) is 5.82 Å². The smallest absolute Gasteiger partial charge is 0.237 e. The third kappa shape index (κ3) is 3.34. The standard InChI is InChI=1S/C21H22FN3O/c22-18-13-15(9-10-20(18)25-11-5-1-2-6-12-25)23-14-17-16-7-3-4-8-19(16)24-21(17)26/h3-4,7-10,13-14,17H,1-2,5-6,11-12H2,(H,24,26). The molecular weight excluding hydrogens is 329 g/mol. The van der Waals surface area contributed by atoms with Crippen molar-refractivity contribution in [3.63, 3.8) is 0 Å². The van der Waals surface area contributed by atoms with Crippen molar-refractivity contribution in [1.29, 1.82) is 0 Å². The number of carbonyl (C=O) groups is 1. The van der Waals surface area contributed by atoms with E-state index in [1.807, 2.05) is 30.3 Å². The second kappa shape index (κ2) is 7.28. The third-order valence-electron chi connectivity index (χ3n) is 5.09. The van der Waals surface area contributed by atoms with Crippen LogP contribution < -0.4 is 10.2 Å². The van der Waals surface area contributed by atoms with Gasteiger partial charge in [-0.1, -0.05) is 31.0 Å². The highest BCUT2D eigenvalue weighted by molar-refractivity contribution is 6.12. The quantitative estimate of drug-likeness (QED) is 0.819. The Labute approximate surface area is 152 Å². The molecule has 5 heteroatoms. The first kappa shape index (κ1) is 16.8. The highest BCUT2D eigenvalue weighted by Crippen LogP contribution is 2.32. The molecule has 2 aliphatic rings. The van der Waals surface area contributed by atoms with E-state index >= 15 is 0 Å². The Bertz CT molecular complexity index is 841. The summed E-state index contributed by atoms with van der Waals surface area (Å²) in [6, 6.07) is 12.6. The first-order valence-corrected chi connectivity index (χ1v) is 9.21. The Morgan fingerprint density at radius 1 is 1.08 bits per heavy atom. The number of aliphatic imine (C=N–C) groups is 1. The van der Waals surface area contributed by atoms with Crippen molar-refractivity contribution < 1.29 is 9.18 Å². The van der Waals surface area contributed by atoms with Crippen LogP contribution >= 0.6 is 0 Å². The van der Waals surface area contributed by atoms with Crippen molar-refractivity contribution in [2.75, 3.05) is 23.3 Å². The summed E-state index contributed by atoms with van der Waals surface area (Å²) < 4.78 is 14.6. The number of rotatable bonds is 3. The molecule has 1 fully saturated rings. The fourth-order valence-electron chi connectivity index (χ4n) is 3.69. The van der Waals surface area contributed by atoms with E-state index in [1.54, 1.807) is 12.3 Å². The van der Waals surface area contributed by atoms with Crippen LogP contribution in [0.2, 0.25) is 0 Å². The first-order chi connectivity index (χ1) is 12.7. The first-order valence-electron chi connectivity index (χ1n) is 9.21. The van der Waals surface area contributed by atoms with Gasteiger partial charge in [0.05, 0.1) is 11.4 Å². The van der Waals surface area contributed by atoms with Crippen molar-refractivity contribution >= 4 is 29.2 Å². The molecule has 1 saturated heterocycles. The van der Waals surface area contributed by atoms with Gasteiger partial charge in [0, 0.05) is 31.1 Å². The van der Waals surface area contributed by atoms with Crippen LogP contribution in [0.4, 0.5) is 21.5 Å². The zero-order valence-corrected chi connectivity index (χ0v) is 14.6. The van der Waals surface area contributed by atoms with E-state index in [-0.39, 0.29) is 11.7 Å². The van der Waals surface area contributed by atoms with Crippen LogP contribution in [-0.4, -0.2) is 25.2 Å². The zero-order chi connectivity index (χ0) is 17.9. The summed E-state index contributed by atoms with van der Waals surface area (Å²) in [4.78, 5) is 18.6. The van der Waals surface area contributed by atoms with Crippen LogP contribution in [0.25, 0.3) is 0 Å². The Morgan fingerprint density at radius 3 is 2.62 bits per heavy atom. The summed E-state index contributed by atoms with van der Waals surface area (Å²) in [5, 5.41) is 2.84. The number of para-hydroxylation sites is 1. The van der Waals surface area contributed by atoms with Gasteiger partial charge in [-0.25, -0.2) is 4.39 Å². The average molecular weight is 351 g/mol. The summed E-state index contributed by atoms with van der Waals surface area (Å²) in [5.41, 5.74) is 2.90. The van der Waals surface area contributed by atoms with E-state index in [4.69, 9.17) is 0 Å². The number of fused-ring (bicyclic) bond motifs is 1. The largest absolute Gasteiger partial charge is 0.369 e. The van der Waals surface area contributed by atoms with Gasteiger partial charge in [-0.15, -0.1) is 0 Å². The minimum absolute atomic E-state index is 0.100. The number of nitrogens with zero attached hydrogens (tertiary/aromatic N) is 2. The van der Waals surface area contributed by atoms with Crippen LogP contribution in [0.15, 0.2) is 47.5 Å². The number of hydrogen-bond donors (Lipinski definition) is 1. The molecule has 1 atom stereocenters. The van der Waals surface area contributed by atoms with E-state index in [2.05, 4.69) is 15.2 Å². The Kier molecular flexibility index (Phi) is 4.69. The maximum Gasteiger partial charge on any atom is 0.237 e. The molecule has 1 unspecified atom stereocenters. The average Bonchev–Trinajstić information content (AvgIpc) is 2.81. The lowest BCUT2D eigenvalue weighted by Crippen LogP contribution is -2.24. The van der Waals surface area contributed by atoms with Crippen molar-refractivity contribution in [3.05, 3.63) is 53.8 Å². The fourth-order valence-corrected chi connectivity index (χ4v) is 3.69. The minimum atomic E-state index is -0.431. The summed E-state index contributed by atoms with van der Waals surface area (Å²) in [6.07, 6.45) is 6.24. The molecule has 0 saturated carbocycles. The predicted octanol–water partition coefficient (Wildman–Crippen LogP) is 4.64. The molecule has 4 nitrogen and oxygen atoms in total. The summed E-state index contributed by atoms with van der Waals surface area (Å²) in [7, 11) is 0. The SMILES string of the molecule is O=C1Nc2ccccc2C1C=Nc1ccc(N2CCCCCC2)c(F)c1. The Morgan fingerprint density at radius 2 is 1.85 bits per heavy atom. The molecule has 0 aromatic heterocycles. The molecule has 0 radical (unpaired) electrons. The maximum absolute atomic E-state index is 14.6. The molecule has 2 aromatic rings. The van der Waals surface area contributed by atoms with Crippen molar-refractivity contribution in [1.82, 2.24) is 0 Å². The van der Waals surface area contributed by atoms with E-state index < -0.39 is 5.92 Å². The summed E-state index contributed by atoms with van der Waals surface area (Å²) in [5.74, 6) is -0.783. The normalized spacial score (nSPS) is 20.1. The predicted molar refractivity (Wildman–Crippen MR) is 103 cm³/mol. The number of carbonyl (C=O) groups excluding carboxylic acids is 1. The molecule has 1 amide bonds. The number of nitrogens with one attached hydrogen (secondary N) is 1. The molecule has 0 bridgehead atoms. The molecule has 4 rings (SSSR count). The van der Waals surface area contributed by atoms with Crippen molar-refractivity contribution in [2.24, 2.45) is 4.99 Å². The monoisotopic (exact) mass is 351 g/mol. The highest BCUT2D eigenvalue weighted by Gasteiger charge is 2.28. The molecular formula is C21H22FN3O. The molecule has 1 N–H and O–H groups in total. The summed E-state index contributed by atoms with van der Waals surface area (Å²) in [6.45, 7) is 1.80. The number of benzene rings is 2. The van der Waals surface area contributed by atoms with E-state index in [0.717, 1.165) is 37.2 Å². The van der Waals surface area contributed by atoms with Gasteiger partial charge < -0.3 is 10.2 Å². The van der Waals surface area contributed by atoms with Crippen molar-refractivity contribution in [2.45, 2.75) is 31.6 Å². The van der Waals surface area contributed by atoms with E-state index in [0.29, 0.717) is 11.4 Å². The van der Waals surface area contributed by atoms with Gasteiger partial charge in [0.25, 0.3) is 0 Å². The number of anilines is 2. The molecule has 2 aliphatic heterocycles. The molecule has 0 aliphatic carbocycles. The fraction of sp³-hybridized carbons (Fsp3) is 0.333. The van der Waals surface area contributed by atoms with Crippen LogP contribution in [0.1, 0.15) is 37.2 Å². The molecule has 0 spiro atoms. The Balaban J connectivity index is 1.53. The number of hydrogen-bond acceptors (Lipinski definition) is 3. The van der Waals surface area contributed by atoms with E-state index in [9.17, 15) is 9.18 Å². The van der Waals surface area contributed by atoms with Crippen LogP contribution in [-0.2, 0) is 4.79 Å². The van der Waals surface area contributed by atoms with Gasteiger partial charge >= 0.3 is 0 Å². The topological polar surface area (TPSA) is 44.7 Å². The van der Waals surface area contributed by atoms with Crippen LogP contribution in [0.3, 0.4) is 0 Å². The maximum atomic E-state index is 14.6. The lowest BCUT2D eigenvalue weighted by molar-refractivity contribution is -0.115. The Hall–Kier alpha value is -2.69. The second-order valence-corrected chi connectivity index (χ2v) is 6.87. The van der Waals surface area contributed by atoms with Gasteiger partial charge in [0.2, 0.25) is 5.91 Å². The number of amides is 1. The van der Waals surface area contributed by atoms with Crippen molar-refractivity contribution in [3.8, 4) is 0 Å². The van der Waals surface area contributed by atoms with E-state index in [1.165, 1.54) is 18.9 Å². The lowest BCUT2D eigenvalue weighted by Gasteiger charge is -2.23. The molecule has 134 valence electrons. The zero-order valence-electron chi connectivity index (χ0n) is 14.6. The van der Waals surface area contributed by atoms with Gasteiger partial charge in [0.15, 0.2) is 0 Å².